The van der Waals surface area contributed by atoms with Crippen molar-refractivity contribution in [2.24, 2.45) is 5.84 Å². The summed E-state index contributed by atoms with van der Waals surface area (Å²) in [4.78, 5) is 36.4. The first-order valence-corrected chi connectivity index (χ1v) is 13.9. The number of amides is 1. The minimum atomic E-state index is -0.464. The van der Waals surface area contributed by atoms with E-state index < -0.39 is 5.91 Å². The number of aryl methyl sites for hydroxylation is 2. The van der Waals surface area contributed by atoms with Crippen molar-refractivity contribution in [3.8, 4) is 0 Å². The van der Waals surface area contributed by atoms with Crippen molar-refractivity contribution >= 4 is 52.3 Å². The van der Waals surface area contributed by atoms with Gasteiger partial charge >= 0.3 is 0 Å². The first-order chi connectivity index (χ1) is 19.3. The van der Waals surface area contributed by atoms with E-state index >= 15 is 0 Å². The van der Waals surface area contributed by atoms with Crippen molar-refractivity contribution in [1.82, 2.24) is 20.7 Å². The normalized spacial score (nSPS) is 13.7. The number of halogens is 1. The molecule has 1 amide bonds. The molecule has 0 radical (unpaired) electrons. The van der Waals surface area contributed by atoms with Gasteiger partial charge in [0.25, 0.3) is 5.91 Å². The molecule has 4 rings (SSSR count). The number of nitrogens with one attached hydrogen (secondary N) is 3. The van der Waals surface area contributed by atoms with Gasteiger partial charge in [0.2, 0.25) is 5.95 Å². The number of hydrogen-bond acceptors (Lipinski definition) is 8. The number of carbonyl (C=O) groups is 2. The molecule has 3 aromatic rings. The fourth-order valence-electron chi connectivity index (χ4n) is 4.76. The summed E-state index contributed by atoms with van der Waals surface area (Å²) < 4.78 is 0. The number of unbranched alkanes of at least 4 members (excludes halogenated alkanes) is 1. The molecule has 1 fully saturated rings. The van der Waals surface area contributed by atoms with E-state index in [1.54, 1.807) is 24.4 Å². The summed E-state index contributed by atoms with van der Waals surface area (Å²) in [6.07, 6.45) is 6.17. The monoisotopic (exact) mass is 561 g/mol. The van der Waals surface area contributed by atoms with E-state index in [0.717, 1.165) is 62.4 Å². The molecule has 1 aliphatic heterocycles. The number of nitrogens with two attached hydrogens (primary N) is 1. The molecule has 10 heteroatoms. The number of piperazine rings is 1. The predicted molar refractivity (Wildman–Crippen MR) is 162 cm³/mol. The van der Waals surface area contributed by atoms with E-state index in [-0.39, 0.29) is 10.8 Å². The van der Waals surface area contributed by atoms with Crippen LogP contribution in [-0.2, 0) is 11.2 Å². The van der Waals surface area contributed by atoms with Crippen molar-refractivity contribution in [2.45, 2.75) is 40.0 Å². The van der Waals surface area contributed by atoms with E-state index in [9.17, 15) is 9.59 Å². The van der Waals surface area contributed by atoms with Crippen LogP contribution in [0.3, 0.4) is 0 Å². The van der Waals surface area contributed by atoms with Gasteiger partial charge in [-0.3, -0.25) is 15.0 Å². The third kappa shape index (κ3) is 7.04. The van der Waals surface area contributed by atoms with Crippen LogP contribution in [0.5, 0.6) is 0 Å². The number of Topliss-reactive ketones (excluding diaryl/α,β-unsaturated/α-hetero) is 1. The van der Waals surface area contributed by atoms with Gasteiger partial charge in [-0.05, 0) is 68.7 Å². The number of aromatic nitrogens is 2. The summed E-state index contributed by atoms with van der Waals surface area (Å²) >= 11 is 6.49. The maximum Gasteiger partial charge on any atom is 0.265 e. The highest BCUT2D eigenvalue weighted by atomic mass is 35.5. The summed E-state index contributed by atoms with van der Waals surface area (Å²) in [5, 5.41) is 7.01. The molecular weight excluding hydrogens is 526 g/mol. The molecule has 2 heterocycles. The largest absolute Gasteiger partial charge is 0.369 e. The molecule has 0 aliphatic carbocycles. The number of allylic oxidation sites excluding steroid dienone is 1. The molecule has 1 aliphatic rings. The van der Waals surface area contributed by atoms with Gasteiger partial charge in [0.1, 0.15) is 0 Å². The van der Waals surface area contributed by atoms with Crippen LogP contribution in [0.1, 0.15) is 59.4 Å². The van der Waals surface area contributed by atoms with Crippen LogP contribution in [0.2, 0.25) is 5.02 Å². The molecule has 5 N–H and O–H groups in total. The Morgan fingerprint density at radius 2 is 1.95 bits per heavy atom. The van der Waals surface area contributed by atoms with Crippen molar-refractivity contribution < 1.29 is 9.59 Å². The standard InChI is InChI=1S/C30H36ClN7O2/c1-4-5-6-27-22(16-25(20(3)39)24-9-7-21(17-26(24)31)29(40)37-32)18-34-30(36-27)35-23-8-10-28(19(2)15-23)38-13-11-33-12-14-38/h7-10,15-18,33H,4-6,11-14,32H2,1-3H3,(H,37,40)(H,34,35,36)/b25-16+. The van der Waals surface area contributed by atoms with E-state index in [1.807, 2.05) is 0 Å². The van der Waals surface area contributed by atoms with Gasteiger partial charge in [0, 0.05) is 71.0 Å². The molecule has 9 nitrogen and oxygen atoms in total. The maximum absolute atomic E-state index is 12.7. The lowest BCUT2D eigenvalue weighted by atomic mass is 9.97. The van der Waals surface area contributed by atoms with Gasteiger partial charge in [-0.25, -0.2) is 15.8 Å². The molecule has 0 saturated carbocycles. The summed E-state index contributed by atoms with van der Waals surface area (Å²) in [5.41, 5.74) is 8.24. The lowest BCUT2D eigenvalue weighted by Gasteiger charge is -2.30. The van der Waals surface area contributed by atoms with Crippen LogP contribution < -0.4 is 26.8 Å². The molecule has 0 atom stereocenters. The average Bonchev–Trinajstić information content (AvgIpc) is 2.95. The van der Waals surface area contributed by atoms with Gasteiger partial charge in [-0.15, -0.1) is 0 Å². The zero-order valence-corrected chi connectivity index (χ0v) is 23.9. The van der Waals surface area contributed by atoms with Crippen LogP contribution >= 0.6 is 11.6 Å². The average molecular weight is 562 g/mol. The van der Waals surface area contributed by atoms with E-state index in [1.165, 1.54) is 24.2 Å². The van der Waals surface area contributed by atoms with E-state index in [2.05, 4.69) is 58.0 Å². The molecule has 1 saturated heterocycles. The van der Waals surface area contributed by atoms with Crippen molar-refractivity contribution in [2.75, 3.05) is 36.4 Å². The number of benzene rings is 2. The van der Waals surface area contributed by atoms with Crippen molar-refractivity contribution in [3.05, 3.63) is 75.6 Å². The molecule has 40 heavy (non-hydrogen) atoms. The lowest BCUT2D eigenvalue weighted by Crippen LogP contribution is -2.43. The van der Waals surface area contributed by atoms with Crippen LogP contribution in [0.4, 0.5) is 17.3 Å². The van der Waals surface area contributed by atoms with E-state index in [4.69, 9.17) is 22.4 Å². The van der Waals surface area contributed by atoms with Gasteiger partial charge in [-0.1, -0.05) is 31.0 Å². The third-order valence-corrected chi connectivity index (χ3v) is 7.22. The first-order valence-electron chi connectivity index (χ1n) is 13.5. The summed E-state index contributed by atoms with van der Waals surface area (Å²) in [6.45, 7) is 9.69. The third-order valence-electron chi connectivity index (χ3n) is 6.91. The second-order valence-corrected chi connectivity index (χ2v) is 10.3. The number of rotatable bonds is 10. The van der Waals surface area contributed by atoms with Crippen LogP contribution in [0, 0.1) is 6.92 Å². The van der Waals surface area contributed by atoms with Gasteiger partial charge in [0.05, 0.1) is 5.69 Å². The Bertz CT molecular complexity index is 1420. The van der Waals surface area contributed by atoms with E-state index in [0.29, 0.717) is 22.6 Å². The SMILES string of the molecule is CCCCc1nc(Nc2ccc(N3CCNCC3)c(C)c2)ncc1/C=C(\C(C)=O)c1ccc(C(=O)NN)cc1Cl. The minimum Gasteiger partial charge on any atom is -0.369 e. The van der Waals surface area contributed by atoms with Crippen LogP contribution in [-0.4, -0.2) is 47.8 Å². The molecule has 1 aromatic heterocycles. The number of hydrogen-bond donors (Lipinski definition) is 4. The number of carbonyl (C=O) groups excluding carboxylic acids is 2. The number of nitrogens with zero attached hydrogens (tertiary/aromatic N) is 3. The van der Waals surface area contributed by atoms with Crippen LogP contribution in [0.15, 0.2) is 42.6 Å². The highest BCUT2D eigenvalue weighted by molar-refractivity contribution is 6.36. The van der Waals surface area contributed by atoms with Gasteiger partial charge in [-0.2, -0.15) is 0 Å². The molecule has 210 valence electrons. The minimum absolute atomic E-state index is 0.165. The highest BCUT2D eigenvalue weighted by Gasteiger charge is 2.17. The maximum atomic E-state index is 12.7. The number of ketones is 1. The lowest BCUT2D eigenvalue weighted by molar-refractivity contribution is -0.111. The number of hydrazine groups is 1. The van der Waals surface area contributed by atoms with Gasteiger partial charge < -0.3 is 15.5 Å². The Hall–Kier alpha value is -3.79. The number of nitrogen functional groups attached to an aromatic ring is 1. The fourth-order valence-corrected chi connectivity index (χ4v) is 5.04. The Balaban J connectivity index is 1.63. The Morgan fingerprint density at radius 3 is 2.60 bits per heavy atom. The molecular formula is C30H36ClN7O2. The Morgan fingerprint density at radius 1 is 1.18 bits per heavy atom. The Labute approximate surface area is 240 Å². The smallest absolute Gasteiger partial charge is 0.265 e. The second kappa shape index (κ2) is 13.5. The zero-order valence-electron chi connectivity index (χ0n) is 23.2. The summed E-state index contributed by atoms with van der Waals surface area (Å²) in [5.74, 6) is 5.10. The molecule has 2 aromatic carbocycles. The molecule has 0 spiro atoms. The topological polar surface area (TPSA) is 125 Å². The predicted octanol–water partition coefficient (Wildman–Crippen LogP) is 4.67. The van der Waals surface area contributed by atoms with Crippen molar-refractivity contribution in [1.29, 1.82) is 0 Å². The Kier molecular flexibility index (Phi) is 9.87. The fraction of sp³-hybridized carbons (Fsp3) is 0.333. The molecule has 0 unspecified atom stereocenters. The van der Waals surface area contributed by atoms with Gasteiger partial charge in [0.15, 0.2) is 5.78 Å². The molecule has 0 bridgehead atoms. The quantitative estimate of drug-likeness (QED) is 0.122. The van der Waals surface area contributed by atoms with Crippen LogP contribution in [0.25, 0.3) is 11.6 Å². The number of anilines is 3. The zero-order chi connectivity index (χ0) is 28.6. The summed E-state index contributed by atoms with van der Waals surface area (Å²) in [6, 6.07) is 11.0. The van der Waals surface area contributed by atoms with Crippen molar-refractivity contribution in [3.63, 3.8) is 0 Å². The second-order valence-electron chi connectivity index (χ2n) is 9.84. The summed E-state index contributed by atoms with van der Waals surface area (Å²) in [7, 11) is 0. The highest BCUT2D eigenvalue weighted by Crippen LogP contribution is 2.30. The first kappa shape index (κ1) is 29.2.